The first kappa shape index (κ1) is 18.3. The second-order valence-corrected chi connectivity index (χ2v) is 5.63. The van der Waals surface area contributed by atoms with Gasteiger partial charge >= 0.3 is 0 Å². The van der Waals surface area contributed by atoms with Crippen molar-refractivity contribution in [2.75, 3.05) is 24.9 Å². The highest BCUT2D eigenvalue weighted by atomic mass is 16.5. The van der Waals surface area contributed by atoms with E-state index in [0.29, 0.717) is 28.4 Å². The normalized spacial score (nSPS) is 10.1. The summed E-state index contributed by atoms with van der Waals surface area (Å²) in [5.41, 5.74) is 2.81. The highest BCUT2D eigenvalue weighted by Gasteiger charge is 2.13. The van der Waals surface area contributed by atoms with Gasteiger partial charge in [-0.1, -0.05) is 6.07 Å². The molecule has 0 heterocycles. The Labute approximate surface area is 147 Å². The van der Waals surface area contributed by atoms with Crippen LogP contribution in [0.25, 0.3) is 0 Å². The molecular formula is C19H22N2O4. The van der Waals surface area contributed by atoms with Crippen molar-refractivity contribution in [2.45, 2.75) is 20.3 Å². The predicted molar refractivity (Wildman–Crippen MR) is 97.4 cm³/mol. The largest absolute Gasteiger partial charge is 0.497 e. The van der Waals surface area contributed by atoms with E-state index in [9.17, 15) is 9.59 Å². The molecule has 6 nitrogen and oxygen atoms in total. The van der Waals surface area contributed by atoms with Crippen molar-refractivity contribution in [3.63, 3.8) is 0 Å². The molecule has 0 saturated heterocycles. The van der Waals surface area contributed by atoms with Gasteiger partial charge in [-0.05, 0) is 42.8 Å². The first-order valence-electron chi connectivity index (χ1n) is 7.82. The average Bonchev–Trinajstić information content (AvgIpc) is 2.56. The van der Waals surface area contributed by atoms with E-state index in [1.807, 2.05) is 19.1 Å². The number of hydrogen-bond donors (Lipinski definition) is 2. The second-order valence-electron chi connectivity index (χ2n) is 5.63. The van der Waals surface area contributed by atoms with Crippen LogP contribution in [0.3, 0.4) is 0 Å². The SMILES string of the molecule is COc1ccc(OC)c(CC(=O)Nc2cc(C)ccc2NC(C)=O)c1. The van der Waals surface area contributed by atoms with Gasteiger partial charge in [0.2, 0.25) is 11.8 Å². The van der Waals surface area contributed by atoms with Crippen molar-refractivity contribution in [1.29, 1.82) is 0 Å². The fourth-order valence-corrected chi connectivity index (χ4v) is 2.45. The Morgan fingerprint density at radius 1 is 0.960 bits per heavy atom. The molecule has 2 amide bonds. The number of methoxy groups -OCH3 is 2. The van der Waals surface area contributed by atoms with Gasteiger partial charge < -0.3 is 20.1 Å². The minimum Gasteiger partial charge on any atom is -0.497 e. The molecule has 0 bridgehead atoms. The molecule has 25 heavy (non-hydrogen) atoms. The Morgan fingerprint density at radius 3 is 2.36 bits per heavy atom. The van der Waals surface area contributed by atoms with Crippen LogP contribution in [0.1, 0.15) is 18.1 Å². The predicted octanol–water partition coefficient (Wildman–Crippen LogP) is 3.15. The van der Waals surface area contributed by atoms with Crippen LogP contribution < -0.4 is 20.1 Å². The lowest BCUT2D eigenvalue weighted by atomic mass is 10.1. The first-order valence-corrected chi connectivity index (χ1v) is 7.82. The van der Waals surface area contributed by atoms with Crippen molar-refractivity contribution in [3.05, 3.63) is 47.5 Å². The third-order valence-corrected chi connectivity index (χ3v) is 3.60. The Kier molecular flexibility index (Phi) is 6.00. The highest BCUT2D eigenvalue weighted by Crippen LogP contribution is 2.26. The van der Waals surface area contributed by atoms with Gasteiger partial charge in [0.25, 0.3) is 0 Å². The maximum atomic E-state index is 12.5. The zero-order chi connectivity index (χ0) is 18.4. The molecule has 0 fully saturated rings. The maximum Gasteiger partial charge on any atom is 0.228 e. The van der Waals surface area contributed by atoms with Crippen molar-refractivity contribution in [3.8, 4) is 11.5 Å². The number of carbonyl (C=O) groups excluding carboxylic acids is 2. The molecule has 132 valence electrons. The smallest absolute Gasteiger partial charge is 0.228 e. The van der Waals surface area contributed by atoms with E-state index >= 15 is 0 Å². The summed E-state index contributed by atoms with van der Waals surface area (Å²) in [4.78, 5) is 23.8. The van der Waals surface area contributed by atoms with Crippen LogP contribution in [-0.2, 0) is 16.0 Å². The quantitative estimate of drug-likeness (QED) is 0.845. The van der Waals surface area contributed by atoms with E-state index in [4.69, 9.17) is 9.47 Å². The average molecular weight is 342 g/mol. The van der Waals surface area contributed by atoms with Crippen LogP contribution in [0, 0.1) is 6.92 Å². The molecular weight excluding hydrogens is 320 g/mol. The fraction of sp³-hybridized carbons (Fsp3) is 0.263. The van der Waals surface area contributed by atoms with E-state index < -0.39 is 0 Å². The van der Waals surface area contributed by atoms with Crippen molar-refractivity contribution in [2.24, 2.45) is 0 Å². The van der Waals surface area contributed by atoms with Crippen molar-refractivity contribution in [1.82, 2.24) is 0 Å². The molecule has 0 aromatic heterocycles. The summed E-state index contributed by atoms with van der Waals surface area (Å²) in [5, 5.41) is 5.56. The summed E-state index contributed by atoms with van der Waals surface area (Å²) in [6.07, 6.45) is 0.119. The van der Waals surface area contributed by atoms with Gasteiger partial charge in [-0.2, -0.15) is 0 Å². The van der Waals surface area contributed by atoms with Crippen LogP contribution >= 0.6 is 0 Å². The molecule has 0 atom stereocenters. The van der Waals surface area contributed by atoms with Gasteiger partial charge in [0, 0.05) is 12.5 Å². The standard InChI is InChI=1S/C19H22N2O4/c1-12-5-7-16(20-13(2)22)17(9-12)21-19(23)11-14-10-15(24-3)6-8-18(14)25-4/h5-10H,11H2,1-4H3,(H,20,22)(H,21,23). The Morgan fingerprint density at radius 2 is 1.72 bits per heavy atom. The van der Waals surface area contributed by atoms with Crippen LogP contribution in [0.15, 0.2) is 36.4 Å². The van der Waals surface area contributed by atoms with E-state index in [-0.39, 0.29) is 18.2 Å². The Hall–Kier alpha value is -3.02. The molecule has 0 spiro atoms. The molecule has 0 radical (unpaired) electrons. The first-order chi connectivity index (χ1) is 11.9. The number of aryl methyl sites for hydroxylation is 1. The number of ether oxygens (including phenoxy) is 2. The molecule has 0 aliphatic heterocycles. The summed E-state index contributed by atoms with van der Waals surface area (Å²) >= 11 is 0. The van der Waals surface area contributed by atoms with Gasteiger partial charge in [-0.3, -0.25) is 9.59 Å². The minimum absolute atomic E-state index is 0.119. The number of rotatable bonds is 6. The lowest BCUT2D eigenvalue weighted by Gasteiger charge is -2.14. The Bertz CT molecular complexity index is 787. The topological polar surface area (TPSA) is 76.7 Å². The third-order valence-electron chi connectivity index (χ3n) is 3.60. The number of carbonyl (C=O) groups is 2. The van der Waals surface area contributed by atoms with E-state index in [0.717, 1.165) is 5.56 Å². The van der Waals surface area contributed by atoms with E-state index in [1.54, 1.807) is 38.5 Å². The van der Waals surface area contributed by atoms with Crippen LogP contribution in [0.5, 0.6) is 11.5 Å². The molecule has 0 saturated carbocycles. The number of hydrogen-bond acceptors (Lipinski definition) is 4. The molecule has 0 unspecified atom stereocenters. The van der Waals surface area contributed by atoms with Gasteiger partial charge in [-0.25, -0.2) is 0 Å². The van der Waals surface area contributed by atoms with Crippen molar-refractivity contribution >= 4 is 23.2 Å². The summed E-state index contributed by atoms with van der Waals surface area (Å²) in [6.45, 7) is 3.34. The molecule has 2 aromatic rings. The summed E-state index contributed by atoms with van der Waals surface area (Å²) in [6, 6.07) is 10.7. The molecule has 6 heteroatoms. The van der Waals surface area contributed by atoms with Gasteiger partial charge in [0.05, 0.1) is 32.0 Å². The second kappa shape index (κ2) is 8.19. The van der Waals surface area contributed by atoms with Crippen LogP contribution in [0.4, 0.5) is 11.4 Å². The zero-order valence-corrected chi connectivity index (χ0v) is 14.8. The lowest BCUT2D eigenvalue weighted by molar-refractivity contribution is -0.116. The number of anilines is 2. The lowest BCUT2D eigenvalue weighted by Crippen LogP contribution is -2.17. The van der Waals surface area contributed by atoms with Crippen molar-refractivity contribution < 1.29 is 19.1 Å². The van der Waals surface area contributed by atoms with E-state index in [1.165, 1.54) is 6.92 Å². The zero-order valence-electron chi connectivity index (χ0n) is 14.8. The summed E-state index contributed by atoms with van der Waals surface area (Å²) in [5.74, 6) is 0.845. The third kappa shape index (κ3) is 4.97. The maximum absolute atomic E-state index is 12.5. The molecule has 0 aliphatic rings. The number of nitrogens with one attached hydrogen (secondary N) is 2. The molecule has 2 N–H and O–H groups in total. The number of amides is 2. The number of benzene rings is 2. The van der Waals surface area contributed by atoms with E-state index in [2.05, 4.69) is 10.6 Å². The Balaban J connectivity index is 2.21. The molecule has 2 aromatic carbocycles. The summed E-state index contributed by atoms with van der Waals surface area (Å²) in [7, 11) is 3.12. The fourth-order valence-electron chi connectivity index (χ4n) is 2.45. The van der Waals surface area contributed by atoms with Gasteiger partial charge in [0.15, 0.2) is 0 Å². The monoisotopic (exact) mass is 342 g/mol. The molecule has 2 rings (SSSR count). The molecule has 0 aliphatic carbocycles. The van der Waals surface area contributed by atoms with Gasteiger partial charge in [0.1, 0.15) is 11.5 Å². The highest BCUT2D eigenvalue weighted by molar-refractivity contribution is 5.99. The van der Waals surface area contributed by atoms with Gasteiger partial charge in [-0.15, -0.1) is 0 Å². The summed E-state index contributed by atoms with van der Waals surface area (Å²) < 4.78 is 10.5. The van der Waals surface area contributed by atoms with Crippen LogP contribution in [-0.4, -0.2) is 26.0 Å². The minimum atomic E-state index is -0.219. The van der Waals surface area contributed by atoms with Crippen LogP contribution in [0.2, 0.25) is 0 Å².